The Hall–Kier alpha value is -3.02. The number of anilines is 1. The third-order valence-corrected chi connectivity index (χ3v) is 5.52. The Labute approximate surface area is 199 Å². The highest BCUT2D eigenvalue weighted by Gasteiger charge is 2.28. The van der Waals surface area contributed by atoms with Crippen LogP contribution < -0.4 is 19.7 Å². The summed E-state index contributed by atoms with van der Waals surface area (Å²) in [7, 11) is 0. The fraction of sp³-hybridized carbons (Fsp3) is 0.458. The van der Waals surface area contributed by atoms with Crippen LogP contribution >= 0.6 is 11.6 Å². The molecular weight excluding hydrogens is 444 g/mol. The molecule has 2 atom stereocenters. The van der Waals surface area contributed by atoms with Gasteiger partial charge in [-0.25, -0.2) is 9.97 Å². The minimum absolute atomic E-state index is 0.0426. The summed E-state index contributed by atoms with van der Waals surface area (Å²) >= 11 is 6.47. The average molecular weight is 473 g/mol. The lowest BCUT2D eigenvalue weighted by atomic mass is 10.0. The Morgan fingerprint density at radius 1 is 1.39 bits per heavy atom. The SMILES string of the molecule is C#CCNC(=O)C(C)c1ccc(O[C@@H]2CCN(c3ncnc(OCC(C)(C)O)c3Cl)C2)cc1. The van der Waals surface area contributed by atoms with E-state index in [0.717, 1.165) is 24.3 Å². The molecule has 1 amide bonds. The van der Waals surface area contributed by atoms with Crippen LogP contribution in [0.4, 0.5) is 5.82 Å². The molecule has 1 aromatic carbocycles. The smallest absolute Gasteiger partial charge is 0.238 e. The van der Waals surface area contributed by atoms with E-state index in [4.69, 9.17) is 27.5 Å². The summed E-state index contributed by atoms with van der Waals surface area (Å²) < 4.78 is 11.7. The molecule has 2 N–H and O–H groups in total. The fourth-order valence-electron chi connectivity index (χ4n) is 3.40. The van der Waals surface area contributed by atoms with Crippen LogP contribution in [0, 0.1) is 12.3 Å². The molecule has 1 aliphatic rings. The van der Waals surface area contributed by atoms with Gasteiger partial charge in [0.05, 0.1) is 24.6 Å². The first kappa shape index (κ1) is 24.6. The van der Waals surface area contributed by atoms with Crippen LogP contribution in [-0.2, 0) is 4.79 Å². The first-order valence-electron chi connectivity index (χ1n) is 10.8. The number of ether oxygens (including phenoxy) is 2. The third kappa shape index (κ3) is 6.73. The number of halogens is 1. The van der Waals surface area contributed by atoms with Crippen molar-refractivity contribution in [3.8, 4) is 24.0 Å². The van der Waals surface area contributed by atoms with Crippen molar-refractivity contribution in [2.45, 2.75) is 44.8 Å². The van der Waals surface area contributed by atoms with Gasteiger partial charge in [-0.2, -0.15) is 0 Å². The largest absolute Gasteiger partial charge is 0.489 e. The van der Waals surface area contributed by atoms with Gasteiger partial charge in [0.1, 0.15) is 29.8 Å². The molecule has 2 aromatic rings. The van der Waals surface area contributed by atoms with Gasteiger partial charge in [-0.3, -0.25) is 4.79 Å². The van der Waals surface area contributed by atoms with Gasteiger partial charge < -0.3 is 24.8 Å². The number of carbonyl (C=O) groups excluding carboxylic acids is 1. The van der Waals surface area contributed by atoms with Crippen LogP contribution in [0.15, 0.2) is 30.6 Å². The van der Waals surface area contributed by atoms with E-state index in [9.17, 15) is 9.90 Å². The number of nitrogens with one attached hydrogen (secondary N) is 1. The molecule has 1 aromatic heterocycles. The van der Waals surface area contributed by atoms with Crippen LogP contribution in [0.1, 0.15) is 38.7 Å². The minimum Gasteiger partial charge on any atom is -0.489 e. The lowest BCUT2D eigenvalue weighted by Gasteiger charge is -2.21. The summed E-state index contributed by atoms with van der Waals surface area (Å²) in [5.41, 5.74) is -0.115. The van der Waals surface area contributed by atoms with Crippen LogP contribution in [0.25, 0.3) is 0 Å². The molecule has 0 radical (unpaired) electrons. The van der Waals surface area contributed by atoms with E-state index in [1.165, 1.54) is 6.33 Å². The average Bonchev–Trinajstić information content (AvgIpc) is 3.24. The van der Waals surface area contributed by atoms with E-state index >= 15 is 0 Å². The van der Waals surface area contributed by atoms with Crippen molar-refractivity contribution in [3.05, 3.63) is 41.2 Å². The zero-order chi connectivity index (χ0) is 24.0. The van der Waals surface area contributed by atoms with Crippen molar-refractivity contribution < 1.29 is 19.4 Å². The summed E-state index contributed by atoms with van der Waals surface area (Å²) in [5, 5.41) is 12.9. The van der Waals surface area contributed by atoms with Crippen molar-refractivity contribution in [1.29, 1.82) is 0 Å². The molecule has 2 heterocycles. The highest BCUT2D eigenvalue weighted by Crippen LogP contribution is 2.33. The summed E-state index contributed by atoms with van der Waals surface area (Å²) in [6.07, 6.45) is 7.34. The van der Waals surface area contributed by atoms with E-state index in [2.05, 4.69) is 21.2 Å². The zero-order valence-corrected chi connectivity index (χ0v) is 19.8. The van der Waals surface area contributed by atoms with Crippen molar-refractivity contribution in [2.24, 2.45) is 0 Å². The Balaban J connectivity index is 1.59. The summed E-state index contributed by atoms with van der Waals surface area (Å²) in [4.78, 5) is 22.5. The topological polar surface area (TPSA) is 96.8 Å². The van der Waals surface area contributed by atoms with E-state index in [1.54, 1.807) is 13.8 Å². The number of hydrogen-bond donors (Lipinski definition) is 2. The fourth-order valence-corrected chi connectivity index (χ4v) is 3.67. The van der Waals surface area contributed by atoms with Crippen LogP contribution in [0.2, 0.25) is 5.02 Å². The zero-order valence-electron chi connectivity index (χ0n) is 19.0. The van der Waals surface area contributed by atoms with Gasteiger partial charge in [-0.15, -0.1) is 6.42 Å². The predicted octanol–water partition coefficient (Wildman–Crippen LogP) is 2.79. The number of nitrogens with zero attached hydrogens (tertiary/aromatic N) is 3. The van der Waals surface area contributed by atoms with Crippen molar-refractivity contribution in [1.82, 2.24) is 15.3 Å². The molecule has 1 aliphatic heterocycles. The standard InChI is InChI=1S/C24H29ClN4O4/c1-5-11-26-22(30)16(2)17-6-8-18(9-7-17)33-19-10-12-29(13-19)21-20(25)23(28-15-27-21)32-14-24(3,4)31/h1,6-9,15-16,19,31H,10-14H2,2-4H3,(H,26,30)/t16?,19-/m1/s1. The number of amides is 1. The van der Waals surface area contributed by atoms with Gasteiger partial charge >= 0.3 is 0 Å². The molecular formula is C24H29ClN4O4. The van der Waals surface area contributed by atoms with Gasteiger partial charge in [-0.05, 0) is 38.5 Å². The molecule has 176 valence electrons. The Bertz CT molecular complexity index is 1000. The van der Waals surface area contributed by atoms with Gasteiger partial charge in [-0.1, -0.05) is 29.7 Å². The van der Waals surface area contributed by atoms with Crippen molar-refractivity contribution >= 4 is 23.3 Å². The van der Waals surface area contributed by atoms with E-state index in [-0.39, 0.29) is 37.0 Å². The van der Waals surface area contributed by atoms with Gasteiger partial charge in [0.25, 0.3) is 0 Å². The Morgan fingerprint density at radius 2 is 2.12 bits per heavy atom. The number of hydrogen-bond acceptors (Lipinski definition) is 7. The van der Waals surface area contributed by atoms with E-state index < -0.39 is 5.60 Å². The predicted molar refractivity (Wildman–Crippen MR) is 127 cm³/mol. The molecule has 0 spiro atoms. The van der Waals surface area contributed by atoms with E-state index in [1.807, 2.05) is 36.1 Å². The maximum atomic E-state index is 12.1. The monoisotopic (exact) mass is 472 g/mol. The third-order valence-electron chi connectivity index (χ3n) is 5.19. The summed E-state index contributed by atoms with van der Waals surface area (Å²) in [6.45, 7) is 6.73. The molecule has 9 heteroatoms. The normalized spacial score (nSPS) is 16.7. The number of rotatable bonds is 9. The highest BCUT2D eigenvalue weighted by atomic mass is 35.5. The molecule has 1 saturated heterocycles. The minimum atomic E-state index is -1.00. The summed E-state index contributed by atoms with van der Waals surface area (Å²) in [5.74, 6) is 3.53. The summed E-state index contributed by atoms with van der Waals surface area (Å²) in [6, 6.07) is 7.50. The Morgan fingerprint density at radius 3 is 2.79 bits per heavy atom. The molecule has 3 rings (SSSR count). The molecule has 0 bridgehead atoms. The number of terminal acetylenes is 1. The first-order chi connectivity index (χ1) is 15.7. The van der Waals surface area contributed by atoms with Crippen molar-refractivity contribution in [2.75, 3.05) is 31.1 Å². The van der Waals surface area contributed by atoms with Gasteiger partial charge in [0, 0.05) is 13.0 Å². The molecule has 8 nitrogen and oxygen atoms in total. The number of aromatic nitrogens is 2. The molecule has 0 aliphatic carbocycles. The van der Waals surface area contributed by atoms with Gasteiger partial charge in [0.2, 0.25) is 11.8 Å². The maximum absolute atomic E-state index is 12.1. The lowest BCUT2D eigenvalue weighted by Crippen LogP contribution is -2.29. The van der Waals surface area contributed by atoms with Crippen molar-refractivity contribution in [3.63, 3.8) is 0 Å². The molecule has 1 fully saturated rings. The quantitative estimate of drug-likeness (QED) is 0.541. The number of benzene rings is 1. The Kier molecular flexibility index (Phi) is 8.01. The molecule has 0 saturated carbocycles. The van der Waals surface area contributed by atoms with Crippen LogP contribution in [0.5, 0.6) is 11.6 Å². The number of aliphatic hydroxyl groups is 1. The van der Waals surface area contributed by atoms with Crippen LogP contribution in [-0.4, -0.2) is 58.9 Å². The van der Waals surface area contributed by atoms with Crippen LogP contribution in [0.3, 0.4) is 0 Å². The first-order valence-corrected chi connectivity index (χ1v) is 11.1. The van der Waals surface area contributed by atoms with E-state index in [0.29, 0.717) is 17.4 Å². The molecule has 1 unspecified atom stereocenters. The second-order valence-corrected chi connectivity index (χ2v) is 8.98. The highest BCUT2D eigenvalue weighted by molar-refractivity contribution is 6.34. The lowest BCUT2D eigenvalue weighted by molar-refractivity contribution is -0.121. The molecule has 33 heavy (non-hydrogen) atoms. The second kappa shape index (κ2) is 10.7. The van der Waals surface area contributed by atoms with Gasteiger partial charge in [0.15, 0.2) is 5.82 Å². The maximum Gasteiger partial charge on any atom is 0.238 e. The number of carbonyl (C=O) groups is 1. The second-order valence-electron chi connectivity index (χ2n) is 8.60.